The molecule has 0 amide bonds. The molecule has 2 heteroatoms. The Morgan fingerprint density at radius 1 is 0.565 bits per heavy atom. The highest BCUT2D eigenvalue weighted by Gasteiger charge is 2.13. The molecule has 0 saturated carbocycles. The lowest BCUT2D eigenvalue weighted by Crippen LogP contribution is -2.00. The molecule has 5 aromatic rings. The van der Waals surface area contributed by atoms with Crippen molar-refractivity contribution in [1.29, 1.82) is 0 Å². The van der Waals surface area contributed by atoms with E-state index < -0.39 is 0 Å². The van der Waals surface area contributed by atoms with E-state index in [2.05, 4.69) is 18.2 Å². The first-order valence-electron chi connectivity index (χ1n) is 7.58. The maximum atomic E-state index is 12.6. The van der Waals surface area contributed by atoms with Gasteiger partial charge in [-0.05, 0) is 51.9 Å². The van der Waals surface area contributed by atoms with Crippen LogP contribution in [0.15, 0.2) is 82.2 Å². The highest BCUT2D eigenvalue weighted by molar-refractivity contribution is 6.30. The van der Waals surface area contributed by atoms with Crippen LogP contribution in [-0.4, -0.2) is 0 Å². The summed E-state index contributed by atoms with van der Waals surface area (Å²) in [4.78, 5) is 12.6. The number of rotatable bonds is 0. The van der Waals surface area contributed by atoms with Crippen molar-refractivity contribution in [3.63, 3.8) is 0 Å². The molecule has 2 nitrogen and oxygen atoms in total. The van der Waals surface area contributed by atoms with Gasteiger partial charge in [0.1, 0.15) is 5.58 Å². The predicted octanol–water partition coefficient (Wildman–Crippen LogP) is 5.25. The predicted molar refractivity (Wildman–Crippen MR) is 95.0 cm³/mol. The first-order chi connectivity index (χ1) is 11.3. The Bertz CT molecular complexity index is 1280. The van der Waals surface area contributed by atoms with Gasteiger partial charge in [0.2, 0.25) is 0 Å². The summed E-state index contributed by atoms with van der Waals surface area (Å²) >= 11 is 0. The second-order valence-electron chi connectivity index (χ2n) is 5.74. The summed E-state index contributed by atoms with van der Waals surface area (Å²) < 4.78 is 5.62. The molecule has 4 aromatic carbocycles. The maximum Gasteiger partial charge on any atom is 0.187 e. The molecule has 0 atom stereocenters. The Hall–Kier alpha value is -3.13. The molecular weight excluding hydrogens is 284 g/mol. The lowest BCUT2D eigenvalue weighted by molar-refractivity contribution is 0.604. The van der Waals surface area contributed by atoms with Gasteiger partial charge in [0, 0.05) is 16.2 Å². The maximum absolute atomic E-state index is 12.6. The zero-order chi connectivity index (χ0) is 15.4. The van der Waals surface area contributed by atoms with Crippen LogP contribution in [0.25, 0.3) is 43.3 Å². The summed E-state index contributed by atoms with van der Waals surface area (Å²) in [7, 11) is 0. The molecule has 0 saturated heterocycles. The molecule has 5 rings (SSSR count). The number of hydrogen-bond acceptors (Lipinski definition) is 2. The van der Waals surface area contributed by atoms with Crippen LogP contribution in [-0.2, 0) is 0 Å². The van der Waals surface area contributed by atoms with E-state index in [4.69, 9.17) is 4.42 Å². The molecule has 0 aliphatic carbocycles. The lowest BCUT2D eigenvalue weighted by Gasteiger charge is -2.11. The second-order valence-corrected chi connectivity index (χ2v) is 5.74. The fourth-order valence-electron chi connectivity index (χ4n) is 3.58. The van der Waals surface area contributed by atoms with Gasteiger partial charge in [-0.3, -0.25) is 4.79 Å². The van der Waals surface area contributed by atoms with Gasteiger partial charge in [-0.15, -0.1) is 0 Å². The molecule has 0 spiro atoms. The molecule has 0 N–H and O–H groups in total. The van der Waals surface area contributed by atoms with Crippen molar-refractivity contribution >= 4 is 43.3 Å². The minimum absolute atomic E-state index is 0.0506. The van der Waals surface area contributed by atoms with Crippen molar-refractivity contribution in [1.82, 2.24) is 0 Å². The summed E-state index contributed by atoms with van der Waals surface area (Å²) in [6.07, 6.45) is 1.66. The van der Waals surface area contributed by atoms with Gasteiger partial charge in [0.15, 0.2) is 5.43 Å². The highest BCUT2D eigenvalue weighted by atomic mass is 16.3. The highest BCUT2D eigenvalue weighted by Crippen LogP contribution is 2.37. The SMILES string of the molecule is O=c1cccc2c3ccccc3c3ccc4occcc4c3c12. The lowest BCUT2D eigenvalue weighted by atomic mass is 9.92. The Balaban J connectivity index is 2.29. The van der Waals surface area contributed by atoms with Crippen LogP contribution in [0.3, 0.4) is 0 Å². The molecule has 0 fully saturated rings. The first-order valence-corrected chi connectivity index (χ1v) is 7.58. The first kappa shape index (κ1) is 12.4. The average molecular weight is 296 g/mol. The third-order valence-corrected chi connectivity index (χ3v) is 4.53. The molecule has 0 aliphatic heterocycles. The van der Waals surface area contributed by atoms with Crippen molar-refractivity contribution < 1.29 is 4.42 Å². The summed E-state index contributed by atoms with van der Waals surface area (Å²) in [6, 6.07) is 21.6. The fraction of sp³-hybridized carbons (Fsp3) is 0. The normalized spacial score (nSPS) is 11.7. The quantitative estimate of drug-likeness (QED) is 0.365. The molecule has 1 aromatic heterocycles. The van der Waals surface area contributed by atoms with E-state index in [9.17, 15) is 4.79 Å². The van der Waals surface area contributed by atoms with Crippen LogP contribution >= 0.6 is 0 Å². The van der Waals surface area contributed by atoms with Crippen molar-refractivity contribution in [3.8, 4) is 0 Å². The smallest absolute Gasteiger partial charge is 0.187 e. The Labute approximate surface area is 131 Å². The van der Waals surface area contributed by atoms with Gasteiger partial charge in [0.05, 0.1) is 6.26 Å². The van der Waals surface area contributed by atoms with Crippen molar-refractivity contribution in [2.45, 2.75) is 0 Å². The molecule has 0 bridgehead atoms. The van der Waals surface area contributed by atoms with Crippen LogP contribution in [0.5, 0.6) is 0 Å². The zero-order valence-electron chi connectivity index (χ0n) is 12.2. The van der Waals surface area contributed by atoms with Gasteiger partial charge in [-0.25, -0.2) is 0 Å². The van der Waals surface area contributed by atoms with Gasteiger partial charge in [-0.2, -0.15) is 0 Å². The monoisotopic (exact) mass is 296 g/mol. The van der Waals surface area contributed by atoms with E-state index >= 15 is 0 Å². The Kier molecular flexibility index (Phi) is 2.39. The number of hydrogen-bond donors (Lipinski definition) is 0. The van der Waals surface area contributed by atoms with E-state index in [0.29, 0.717) is 0 Å². The van der Waals surface area contributed by atoms with E-state index in [0.717, 1.165) is 43.3 Å². The van der Waals surface area contributed by atoms with E-state index in [-0.39, 0.29) is 5.43 Å². The van der Waals surface area contributed by atoms with Crippen molar-refractivity contribution in [3.05, 3.63) is 83.2 Å². The van der Waals surface area contributed by atoms with Gasteiger partial charge in [0.25, 0.3) is 0 Å². The molecule has 0 radical (unpaired) electrons. The number of benzene rings is 4. The zero-order valence-corrected chi connectivity index (χ0v) is 12.2. The van der Waals surface area contributed by atoms with E-state index in [1.807, 2.05) is 42.5 Å². The van der Waals surface area contributed by atoms with Crippen molar-refractivity contribution in [2.75, 3.05) is 0 Å². The van der Waals surface area contributed by atoms with Crippen LogP contribution in [0.4, 0.5) is 0 Å². The number of fused-ring (bicyclic) bond motifs is 8. The molecule has 108 valence electrons. The summed E-state index contributed by atoms with van der Waals surface area (Å²) in [6.45, 7) is 0. The van der Waals surface area contributed by atoms with Crippen molar-refractivity contribution in [2.24, 2.45) is 0 Å². The molecular formula is C21H12O2. The van der Waals surface area contributed by atoms with Crippen LogP contribution in [0.2, 0.25) is 0 Å². The van der Waals surface area contributed by atoms with Crippen LogP contribution in [0, 0.1) is 0 Å². The Morgan fingerprint density at radius 3 is 2.09 bits per heavy atom. The molecule has 0 unspecified atom stereocenters. The Morgan fingerprint density at radius 2 is 1.26 bits per heavy atom. The van der Waals surface area contributed by atoms with Gasteiger partial charge >= 0.3 is 0 Å². The molecule has 0 aliphatic rings. The third kappa shape index (κ3) is 1.60. The summed E-state index contributed by atoms with van der Waals surface area (Å²) in [5.74, 6) is 0. The molecule has 23 heavy (non-hydrogen) atoms. The summed E-state index contributed by atoms with van der Waals surface area (Å²) in [5, 5.41) is 7.08. The largest absolute Gasteiger partial charge is 0.464 e. The minimum Gasteiger partial charge on any atom is -0.464 e. The van der Waals surface area contributed by atoms with E-state index in [1.54, 1.807) is 12.3 Å². The van der Waals surface area contributed by atoms with Crippen LogP contribution < -0.4 is 5.43 Å². The minimum atomic E-state index is 0.0506. The van der Waals surface area contributed by atoms with Gasteiger partial charge in [-0.1, -0.05) is 36.4 Å². The van der Waals surface area contributed by atoms with Gasteiger partial charge < -0.3 is 4.42 Å². The van der Waals surface area contributed by atoms with E-state index in [1.165, 1.54) is 0 Å². The average Bonchev–Trinajstić information content (AvgIpc) is 2.61. The topological polar surface area (TPSA) is 30.2 Å². The summed E-state index contributed by atoms with van der Waals surface area (Å²) in [5.41, 5.74) is 0.842. The second kappa shape index (κ2) is 4.43. The standard InChI is InChI=1S/C21H12O2/c22-18-9-3-7-15-13-5-1-2-6-14(13)16-10-11-19-17(8-4-12-23-19)20(16)21(15)18/h1-12H. The molecule has 1 heterocycles. The fourth-order valence-corrected chi connectivity index (χ4v) is 3.58. The third-order valence-electron chi connectivity index (χ3n) is 4.53. The van der Waals surface area contributed by atoms with Crippen LogP contribution in [0.1, 0.15) is 0 Å².